The van der Waals surface area contributed by atoms with Crippen LogP contribution >= 0.6 is 0 Å². The Balaban J connectivity index is 1.35. The van der Waals surface area contributed by atoms with Crippen LogP contribution in [-0.4, -0.2) is 75.2 Å². The molecule has 0 aromatic heterocycles. The van der Waals surface area contributed by atoms with E-state index in [1.165, 1.54) is 6.07 Å². The molecule has 4 rings (SSSR count). The molecule has 0 saturated carbocycles. The fourth-order valence-corrected chi connectivity index (χ4v) is 5.23. The van der Waals surface area contributed by atoms with Crippen molar-refractivity contribution < 1.29 is 22.7 Å². The molecule has 33 heavy (non-hydrogen) atoms. The third kappa shape index (κ3) is 4.85. The fraction of sp³-hybridized carbons (Fsp3) is 0.348. The van der Waals surface area contributed by atoms with Gasteiger partial charge >= 0.3 is 0 Å². The zero-order valence-electron chi connectivity index (χ0n) is 18.5. The summed E-state index contributed by atoms with van der Waals surface area (Å²) in [6, 6.07) is 13.2. The van der Waals surface area contributed by atoms with Gasteiger partial charge in [-0.15, -0.1) is 0 Å². The average Bonchev–Trinajstić information content (AvgIpc) is 3.08. The number of carbonyl (C=O) groups excluding carboxylic acids is 2. The summed E-state index contributed by atoms with van der Waals surface area (Å²) in [5.41, 5.74) is 1.34. The maximum absolute atomic E-state index is 12.9. The molecule has 1 fully saturated rings. The maximum Gasteiger partial charge on any atom is 0.263 e. The average molecular weight is 471 g/mol. The molecule has 2 aromatic rings. The summed E-state index contributed by atoms with van der Waals surface area (Å²) in [5, 5.41) is 0. The van der Waals surface area contributed by atoms with Gasteiger partial charge in [0.1, 0.15) is 17.6 Å². The zero-order valence-corrected chi connectivity index (χ0v) is 19.3. The minimum atomic E-state index is -3.66. The number of fused-ring (bicyclic) bond motifs is 1. The predicted molar refractivity (Wildman–Crippen MR) is 123 cm³/mol. The number of ether oxygens (including phenoxy) is 1. The number of piperazine rings is 1. The molecule has 1 N–H and O–H groups in total. The van der Waals surface area contributed by atoms with Crippen molar-refractivity contribution >= 4 is 27.7 Å². The van der Waals surface area contributed by atoms with Gasteiger partial charge in [0.2, 0.25) is 11.8 Å². The third-order valence-corrected chi connectivity index (χ3v) is 7.17. The number of hydrogen-bond acceptors (Lipinski definition) is 6. The Kier molecular flexibility index (Phi) is 6.37. The standard InChI is InChI=1S/C23H26N4O5S/c1-16(24-22-19-8-3-4-9-20(19)33(30,31)25-22)23(29)27-12-10-26(11-13-27)21(28)15-17-6-5-7-18(14-17)32-2/h3-9,14,16H,10-13,15H2,1-2H3,(H,24,25)/t16-/m0/s1. The first kappa shape index (κ1) is 22.8. The molecule has 2 amide bonds. The van der Waals surface area contributed by atoms with Crippen molar-refractivity contribution in [1.82, 2.24) is 14.5 Å². The lowest BCUT2D eigenvalue weighted by molar-refractivity contribution is -0.139. The van der Waals surface area contributed by atoms with E-state index >= 15 is 0 Å². The summed E-state index contributed by atoms with van der Waals surface area (Å²) in [4.78, 5) is 33.5. The van der Waals surface area contributed by atoms with E-state index in [2.05, 4.69) is 9.71 Å². The van der Waals surface area contributed by atoms with Crippen LogP contribution in [0.4, 0.5) is 0 Å². The Bertz CT molecular complexity index is 1200. The molecule has 0 unspecified atom stereocenters. The summed E-state index contributed by atoms with van der Waals surface area (Å²) in [5.74, 6) is 0.684. The van der Waals surface area contributed by atoms with Gasteiger partial charge < -0.3 is 14.5 Å². The Morgan fingerprint density at radius 2 is 1.76 bits per heavy atom. The van der Waals surface area contributed by atoms with Gasteiger partial charge in [0.25, 0.3) is 10.0 Å². The third-order valence-electron chi connectivity index (χ3n) is 5.78. The summed E-state index contributed by atoms with van der Waals surface area (Å²) >= 11 is 0. The number of methoxy groups -OCH3 is 1. The Hall–Kier alpha value is -3.40. The first-order valence-corrected chi connectivity index (χ1v) is 12.2. The summed E-state index contributed by atoms with van der Waals surface area (Å²) in [6.45, 7) is 3.33. The first-order valence-electron chi connectivity index (χ1n) is 10.7. The molecule has 0 aliphatic carbocycles. The quantitative estimate of drug-likeness (QED) is 0.702. The zero-order chi connectivity index (χ0) is 23.6. The van der Waals surface area contributed by atoms with Gasteiger partial charge in [-0.2, -0.15) is 0 Å². The lowest BCUT2D eigenvalue weighted by Gasteiger charge is -2.35. The van der Waals surface area contributed by atoms with E-state index in [0.717, 1.165) is 5.56 Å². The van der Waals surface area contributed by atoms with Crippen LogP contribution in [0.25, 0.3) is 0 Å². The Morgan fingerprint density at radius 3 is 2.48 bits per heavy atom. The predicted octanol–water partition coefficient (Wildman–Crippen LogP) is 1.04. The highest BCUT2D eigenvalue weighted by Gasteiger charge is 2.32. The van der Waals surface area contributed by atoms with Gasteiger partial charge in [-0.1, -0.05) is 24.3 Å². The van der Waals surface area contributed by atoms with Crippen LogP contribution in [0.5, 0.6) is 5.75 Å². The van der Waals surface area contributed by atoms with Crippen LogP contribution < -0.4 is 9.46 Å². The number of nitrogens with zero attached hydrogens (tertiary/aromatic N) is 3. The van der Waals surface area contributed by atoms with Crippen LogP contribution in [0.1, 0.15) is 18.1 Å². The minimum Gasteiger partial charge on any atom is -0.497 e. The Labute approximate surface area is 193 Å². The van der Waals surface area contributed by atoms with E-state index in [1.807, 2.05) is 24.3 Å². The number of sulfonamides is 1. The van der Waals surface area contributed by atoms with Crippen LogP contribution in [0, 0.1) is 0 Å². The van der Waals surface area contributed by atoms with Crippen LogP contribution in [-0.2, 0) is 26.0 Å². The van der Waals surface area contributed by atoms with E-state index in [1.54, 1.807) is 42.0 Å². The normalized spacial score (nSPS) is 19.0. The molecule has 2 aliphatic rings. The highest BCUT2D eigenvalue weighted by molar-refractivity contribution is 7.90. The molecule has 174 valence electrons. The molecule has 9 nitrogen and oxygen atoms in total. The lowest BCUT2D eigenvalue weighted by atomic mass is 10.1. The second-order valence-electron chi connectivity index (χ2n) is 7.99. The molecular formula is C23H26N4O5S. The topological polar surface area (TPSA) is 108 Å². The molecule has 1 saturated heterocycles. The summed E-state index contributed by atoms with van der Waals surface area (Å²) in [6.07, 6.45) is 0.273. The van der Waals surface area contributed by atoms with E-state index in [0.29, 0.717) is 37.5 Å². The molecule has 2 heterocycles. The van der Waals surface area contributed by atoms with Crippen molar-refractivity contribution in [3.63, 3.8) is 0 Å². The van der Waals surface area contributed by atoms with Crippen molar-refractivity contribution in [2.75, 3.05) is 33.3 Å². The van der Waals surface area contributed by atoms with E-state index in [9.17, 15) is 18.0 Å². The van der Waals surface area contributed by atoms with E-state index < -0.39 is 16.1 Å². The number of nitrogens with one attached hydrogen (secondary N) is 1. The van der Waals surface area contributed by atoms with Crippen molar-refractivity contribution in [2.24, 2.45) is 4.99 Å². The molecule has 2 aromatic carbocycles. The second kappa shape index (κ2) is 9.22. The van der Waals surface area contributed by atoms with Gasteiger partial charge in [-0.05, 0) is 36.8 Å². The van der Waals surface area contributed by atoms with Crippen LogP contribution in [0.3, 0.4) is 0 Å². The SMILES string of the molecule is COc1cccc(CC(=O)N2CCN(C(=O)[C@H](C)N=C3NS(=O)(=O)c4ccccc43)CC2)c1. The first-order chi connectivity index (χ1) is 15.8. The number of hydrogen-bond donors (Lipinski definition) is 1. The smallest absolute Gasteiger partial charge is 0.263 e. The molecule has 1 atom stereocenters. The van der Waals surface area contributed by atoms with Crippen LogP contribution in [0.15, 0.2) is 58.4 Å². The number of aliphatic imine (C=N–C) groups is 1. The maximum atomic E-state index is 12.9. The minimum absolute atomic E-state index is 0.000567. The highest BCUT2D eigenvalue weighted by Crippen LogP contribution is 2.23. The van der Waals surface area contributed by atoms with Gasteiger partial charge in [-0.25, -0.2) is 8.42 Å². The van der Waals surface area contributed by atoms with Gasteiger partial charge in [0, 0.05) is 31.7 Å². The summed E-state index contributed by atoms with van der Waals surface area (Å²) in [7, 11) is -2.07. The summed E-state index contributed by atoms with van der Waals surface area (Å²) < 4.78 is 32.1. The number of amides is 2. The lowest BCUT2D eigenvalue weighted by Crippen LogP contribution is -2.52. The number of amidine groups is 1. The molecule has 0 radical (unpaired) electrons. The van der Waals surface area contributed by atoms with Crippen molar-refractivity contribution in [2.45, 2.75) is 24.3 Å². The van der Waals surface area contributed by atoms with Gasteiger partial charge in [-0.3, -0.25) is 19.3 Å². The van der Waals surface area contributed by atoms with Crippen molar-refractivity contribution in [3.05, 3.63) is 59.7 Å². The van der Waals surface area contributed by atoms with Crippen molar-refractivity contribution in [1.29, 1.82) is 0 Å². The van der Waals surface area contributed by atoms with Gasteiger partial charge in [0.05, 0.1) is 18.4 Å². The fourth-order valence-electron chi connectivity index (χ4n) is 3.99. The van der Waals surface area contributed by atoms with E-state index in [4.69, 9.17) is 4.74 Å². The van der Waals surface area contributed by atoms with Gasteiger partial charge in [0.15, 0.2) is 0 Å². The van der Waals surface area contributed by atoms with E-state index in [-0.39, 0.29) is 29.0 Å². The highest BCUT2D eigenvalue weighted by atomic mass is 32.2. The number of rotatable bonds is 5. The molecule has 0 spiro atoms. The molecular weight excluding hydrogens is 444 g/mol. The monoisotopic (exact) mass is 470 g/mol. The van der Waals surface area contributed by atoms with Crippen LogP contribution in [0.2, 0.25) is 0 Å². The second-order valence-corrected chi connectivity index (χ2v) is 9.64. The number of benzene rings is 2. The number of carbonyl (C=O) groups is 2. The molecule has 2 aliphatic heterocycles. The van der Waals surface area contributed by atoms with Crippen molar-refractivity contribution in [3.8, 4) is 5.75 Å². The largest absolute Gasteiger partial charge is 0.497 e. The molecule has 0 bridgehead atoms. The Morgan fingerprint density at radius 1 is 1.06 bits per heavy atom. The molecule has 10 heteroatoms.